The van der Waals surface area contributed by atoms with Gasteiger partial charge in [-0.1, -0.05) is 0 Å². The molecule has 8 heteroatoms. The maximum absolute atomic E-state index is 5.41. The van der Waals surface area contributed by atoms with Crippen LogP contribution in [0.4, 0.5) is 5.82 Å². The minimum Gasteiger partial charge on any atom is -0.374 e. The Bertz CT molecular complexity index is 546. The van der Waals surface area contributed by atoms with E-state index in [2.05, 4.69) is 20.4 Å². The van der Waals surface area contributed by atoms with E-state index in [0.29, 0.717) is 24.9 Å². The van der Waals surface area contributed by atoms with E-state index in [-0.39, 0.29) is 0 Å². The molecule has 0 aliphatic carbocycles. The second-order valence-corrected chi connectivity index (χ2v) is 5.77. The molecule has 6 nitrogen and oxygen atoms in total. The van der Waals surface area contributed by atoms with Crippen LogP contribution in [0.3, 0.4) is 0 Å². The summed E-state index contributed by atoms with van der Waals surface area (Å²) in [5, 5.41) is 2.80. The number of ether oxygens (including phenoxy) is 1. The fraction of sp³-hybridized carbons (Fsp3) is 0.364. The first-order valence-corrected chi connectivity index (χ1v) is 7.43. The summed E-state index contributed by atoms with van der Waals surface area (Å²) in [5.74, 6) is 6.58. The standard InChI is InChI=1S/C11H15N5OS2/c1-3-17-5-9-14-8(16-12)4-10(15-9)19-11-13-7(2)6-18-11/h4,6H,3,5,12H2,1-2H3,(H,14,15,16). The van der Waals surface area contributed by atoms with Crippen molar-refractivity contribution in [3.8, 4) is 0 Å². The summed E-state index contributed by atoms with van der Waals surface area (Å²) >= 11 is 3.08. The van der Waals surface area contributed by atoms with Crippen molar-refractivity contribution in [2.75, 3.05) is 12.0 Å². The number of rotatable bonds is 6. The normalized spacial score (nSPS) is 10.7. The van der Waals surface area contributed by atoms with Gasteiger partial charge in [-0.15, -0.1) is 11.3 Å². The first-order chi connectivity index (χ1) is 9.21. The monoisotopic (exact) mass is 297 g/mol. The van der Waals surface area contributed by atoms with Crippen LogP contribution in [0.5, 0.6) is 0 Å². The van der Waals surface area contributed by atoms with Crippen LogP contribution in [0.1, 0.15) is 18.4 Å². The van der Waals surface area contributed by atoms with Crippen LogP contribution in [0.15, 0.2) is 20.8 Å². The lowest BCUT2D eigenvalue weighted by Gasteiger charge is -2.06. The number of hydrazine groups is 1. The molecule has 2 heterocycles. The van der Waals surface area contributed by atoms with Gasteiger partial charge in [-0.25, -0.2) is 20.8 Å². The Hall–Kier alpha value is -1.22. The number of aromatic nitrogens is 3. The molecule has 3 N–H and O–H groups in total. The molecule has 0 saturated heterocycles. The molecule has 0 radical (unpaired) electrons. The van der Waals surface area contributed by atoms with E-state index < -0.39 is 0 Å². The lowest BCUT2D eigenvalue weighted by Crippen LogP contribution is -2.11. The van der Waals surface area contributed by atoms with Gasteiger partial charge in [-0.2, -0.15) is 0 Å². The van der Waals surface area contributed by atoms with Gasteiger partial charge in [0.2, 0.25) is 0 Å². The molecule has 0 unspecified atom stereocenters. The Balaban J connectivity index is 2.18. The zero-order valence-corrected chi connectivity index (χ0v) is 12.3. The summed E-state index contributed by atoms with van der Waals surface area (Å²) in [7, 11) is 0. The predicted molar refractivity (Wildman–Crippen MR) is 76.1 cm³/mol. The number of nitrogens with two attached hydrogens (primary N) is 1. The molecule has 0 fully saturated rings. The quantitative estimate of drug-likeness (QED) is 0.480. The summed E-state index contributed by atoms with van der Waals surface area (Å²) in [4.78, 5) is 13.0. The van der Waals surface area contributed by atoms with E-state index in [1.165, 1.54) is 11.8 Å². The number of hydrogen-bond donors (Lipinski definition) is 2. The summed E-state index contributed by atoms with van der Waals surface area (Å²) < 4.78 is 6.26. The van der Waals surface area contributed by atoms with Crippen molar-refractivity contribution in [1.29, 1.82) is 0 Å². The molecule has 2 aromatic heterocycles. The molecule has 0 spiro atoms. The zero-order valence-electron chi connectivity index (χ0n) is 10.7. The van der Waals surface area contributed by atoms with Crippen LogP contribution in [0, 0.1) is 6.92 Å². The second-order valence-electron chi connectivity index (χ2n) is 3.65. The third-order valence-corrected chi connectivity index (χ3v) is 4.10. The number of aryl methyl sites for hydroxylation is 1. The molecule has 19 heavy (non-hydrogen) atoms. The fourth-order valence-electron chi connectivity index (χ4n) is 1.33. The Morgan fingerprint density at radius 3 is 2.89 bits per heavy atom. The predicted octanol–water partition coefficient (Wildman–Crippen LogP) is 2.21. The van der Waals surface area contributed by atoms with Crippen molar-refractivity contribution in [3.05, 3.63) is 23.0 Å². The van der Waals surface area contributed by atoms with Crippen LogP contribution in [0.25, 0.3) is 0 Å². The lowest BCUT2D eigenvalue weighted by molar-refractivity contribution is 0.128. The zero-order chi connectivity index (χ0) is 13.7. The van der Waals surface area contributed by atoms with Crippen molar-refractivity contribution in [3.63, 3.8) is 0 Å². The van der Waals surface area contributed by atoms with Gasteiger partial charge in [-0.05, 0) is 25.6 Å². The highest BCUT2D eigenvalue weighted by Gasteiger charge is 2.08. The summed E-state index contributed by atoms with van der Waals surface area (Å²) in [6, 6.07) is 1.79. The molecule has 2 rings (SSSR count). The fourth-order valence-corrected chi connectivity index (χ4v) is 3.13. The minimum atomic E-state index is 0.372. The highest BCUT2D eigenvalue weighted by molar-refractivity contribution is 8.01. The SMILES string of the molecule is CCOCc1nc(NN)cc(Sc2nc(C)cs2)n1. The average molecular weight is 297 g/mol. The number of anilines is 1. The van der Waals surface area contributed by atoms with Gasteiger partial charge in [-0.3, -0.25) is 0 Å². The maximum Gasteiger partial charge on any atom is 0.157 e. The van der Waals surface area contributed by atoms with Gasteiger partial charge in [0.05, 0.1) is 0 Å². The lowest BCUT2D eigenvalue weighted by atomic mass is 10.5. The molecule has 0 atom stereocenters. The summed E-state index contributed by atoms with van der Waals surface area (Å²) in [6.07, 6.45) is 0. The van der Waals surface area contributed by atoms with E-state index in [0.717, 1.165) is 15.1 Å². The van der Waals surface area contributed by atoms with Crippen molar-refractivity contribution in [1.82, 2.24) is 15.0 Å². The van der Waals surface area contributed by atoms with Crippen LogP contribution in [-0.2, 0) is 11.3 Å². The van der Waals surface area contributed by atoms with Gasteiger partial charge in [0.15, 0.2) is 10.2 Å². The minimum absolute atomic E-state index is 0.372. The number of nitrogen functional groups attached to an aromatic ring is 1. The third-order valence-electron chi connectivity index (χ3n) is 2.12. The highest BCUT2D eigenvalue weighted by atomic mass is 32.2. The van der Waals surface area contributed by atoms with Crippen molar-refractivity contribution < 1.29 is 4.74 Å². The highest BCUT2D eigenvalue weighted by Crippen LogP contribution is 2.29. The third kappa shape index (κ3) is 4.13. The number of hydrogen-bond acceptors (Lipinski definition) is 8. The van der Waals surface area contributed by atoms with Gasteiger partial charge in [0.25, 0.3) is 0 Å². The molecule has 0 bridgehead atoms. The number of nitrogens with zero attached hydrogens (tertiary/aromatic N) is 3. The number of thiazole rings is 1. The maximum atomic E-state index is 5.41. The van der Waals surface area contributed by atoms with E-state index in [1.54, 1.807) is 17.4 Å². The average Bonchev–Trinajstić information content (AvgIpc) is 2.81. The van der Waals surface area contributed by atoms with Gasteiger partial charge >= 0.3 is 0 Å². The summed E-state index contributed by atoms with van der Waals surface area (Å²) in [5.41, 5.74) is 3.55. The Morgan fingerprint density at radius 2 is 2.26 bits per heavy atom. The van der Waals surface area contributed by atoms with E-state index >= 15 is 0 Å². The second kappa shape index (κ2) is 6.80. The first-order valence-electron chi connectivity index (χ1n) is 5.73. The molecular weight excluding hydrogens is 282 g/mol. The first kappa shape index (κ1) is 14.2. The molecule has 0 aromatic carbocycles. The van der Waals surface area contributed by atoms with Crippen molar-refractivity contribution in [2.45, 2.75) is 29.8 Å². The van der Waals surface area contributed by atoms with Crippen LogP contribution in [-0.4, -0.2) is 21.6 Å². The number of nitrogens with one attached hydrogen (secondary N) is 1. The van der Waals surface area contributed by atoms with Gasteiger partial charge in [0, 0.05) is 23.7 Å². The van der Waals surface area contributed by atoms with Crippen LogP contribution >= 0.6 is 23.1 Å². The van der Waals surface area contributed by atoms with E-state index in [1.807, 2.05) is 19.2 Å². The van der Waals surface area contributed by atoms with Crippen molar-refractivity contribution >= 4 is 28.9 Å². The van der Waals surface area contributed by atoms with Gasteiger partial charge in [0.1, 0.15) is 17.5 Å². The van der Waals surface area contributed by atoms with E-state index in [4.69, 9.17) is 10.6 Å². The van der Waals surface area contributed by atoms with Crippen LogP contribution < -0.4 is 11.3 Å². The Labute approximate surface area is 119 Å². The Morgan fingerprint density at radius 1 is 1.42 bits per heavy atom. The van der Waals surface area contributed by atoms with E-state index in [9.17, 15) is 0 Å². The molecule has 0 aliphatic heterocycles. The van der Waals surface area contributed by atoms with Crippen molar-refractivity contribution in [2.24, 2.45) is 5.84 Å². The summed E-state index contributed by atoms with van der Waals surface area (Å²) in [6.45, 7) is 4.89. The molecular formula is C11H15N5OS2. The smallest absolute Gasteiger partial charge is 0.157 e. The molecule has 102 valence electrons. The molecule has 0 aliphatic rings. The van der Waals surface area contributed by atoms with Crippen LogP contribution in [0.2, 0.25) is 0 Å². The topological polar surface area (TPSA) is 86.0 Å². The Kier molecular flexibility index (Phi) is 5.08. The largest absolute Gasteiger partial charge is 0.374 e. The molecule has 0 amide bonds. The molecule has 0 saturated carbocycles. The molecule has 2 aromatic rings. The van der Waals surface area contributed by atoms with Gasteiger partial charge < -0.3 is 10.2 Å².